The molecule has 2 N–H and O–H groups in total. The number of hydrogen-bond acceptors (Lipinski definition) is 5. The summed E-state index contributed by atoms with van der Waals surface area (Å²) in [6, 6.07) is 6.06. The zero-order valence-corrected chi connectivity index (χ0v) is 14.2. The molecule has 1 aliphatic rings. The lowest BCUT2D eigenvalue weighted by Crippen LogP contribution is -2.25. The zero-order chi connectivity index (χ0) is 17.8. The highest BCUT2D eigenvalue weighted by Crippen LogP contribution is 2.34. The molecule has 0 saturated heterocycles. The second kappa shape index (κ2) is 5.41. The molecule has 26 heavy (non-hydrogen) atoms. The molecule has 0 fully saturated rings. The van der Waals surface area contributed by atoms with Crippen LogP contribution in [0.25, 0.3) is 22.1 Å². The van der Waals surface area contributed by atoms with Crippen LogP contribution in [0, 0.1) is 11.3 Å². The lowest BCUT2D eigenvalue weighted by atomic mass is 10.0. The maximum Gasteiger partial charge on any atom is 0.162 e. The van der Waals surface area contributed by atoms with Crippen molar-refractivity contribution in [3.63, 3.8) is 0 Å². The van der Waals surface area contributed by atoms with Crippen LogP contribution in [0.2, 0.25) is 0 Å². The number of aromatic nitrogens is 6. The van der Waals surface area contributed by atoms with Crippen LogP contribution in [0.4, 0.5) is 0 Å². The lowest BCUT2D eigenvalue weighted by Gasteiger charge is -2.27. The summed E-state index contributed by atoms with van der Waals surface area (Å²) in [7, 11) is 0. The van der Waals surface area contributed by atoms with Gasteiger partial charge in [-0.2, -0.15) is 10.4 Å². The van der Waals surface area contributed by atoms with Crippen LogP contribution in [-0.2, 0) is 13.0 Å². The Bertz CT molecular complexity index is 1170. The summed E-state index contributed by atoms with van der Waals surface area (Å²) in [5, 5.41) is 24.8. The Kier molecular flexibility index (Phi) is 3.14. The number of aliphatic hydroxyl groups excluding tert-OH is 1. The summed E-state index contributed by atoms with van der Waals surface area (Å²) in [6.45, 7) is 2.38. The van der Waals surface area contributed by atoms with Crippen molar-refractivity contribution in [1.82, 2.24) is 29.3 Å². The number of aromatic amines is 1. The predicted molar refractivity (Wildman–Crippen MR) is 94.3 cm³/mol. The first-order valence-corrected chi connectivity index (χ1v) is 8.64. The molecular formula is C18H17N7O. The minimum Gasteiger partial charge on any atom is -0.385 e. The van der Waals surface area contributed by atoms with Gasteiger partial charge in [-0.1, -0.05) is 0 Å². The molecule has 0 radical (unpaired) electrons. The van der Waals surface area contributed by atoms with Crippen LogP contribution in [0.5, 0.6) is 0 Å². The van der Waals surface area contributed by atoms with Gasteiger partial charge in [0.1, 0.15) is 29.2 Å². The molecule has 8 nitrogen and oxygen atoms in total. The molecule has 4 aromatic heterocycles. The number of rotatable bonds is 2. The average molecular weight is 347 g/mol. The topological polar surface area (TPSA) is 108 Å². The molecule has 0 saturated carbocycles. The number of imidazole rings is 1. The highest BCUT2D eigenvalue weighted by Gasteiger charge is 2.28. The summed E-state index contributed by atoms with van der Waals surface area (Å²) < 4.78 is 4.04. The summed E-state index contributed by atoms with van der Waals surface area (Å²) >= 11 is 0. The zero-order valence-electron chi connectivity index (χ0n) is 14.2. The van der Waals surface area contributed by atoms with E-state index in [1.807, 2.05) is 23.0 Å². The van der Waals surface area contributed by atoms with Crippen molar-refractivity contribution in [2.75, 3.05) is 0 Å². The molecule has 0 amide bonds. The van der Waals surface area contributed by atoms with Crippen molar-refractivity contribution in [3.8, 4) is 6.07 Å². The molecule has 1 aliphatic heterocycles. The third-order valence-corrected chi connectivity index (χ3v) is 5.10. The molecule has 5 heterocycles. The second-order valence-electron chi connectivity index (χ2n) is 6.76. The van der Waals surface area contributed by atoms with Gasteiger partial charge in [-0.05, 0) is 31.9 Å². The highest BCUT2D eigenvalue weighted by molar-refractivity contribution is 6.01. The van der Waals surface area contributed by atoms with Crippen LogP contribution < -0.4 is 0 Å². The Morgan fingerprint density at radius 3 is 3.15 bits per heavy atom. The molecule has 0 bridgehead atoms. The van der Waals surface area contributed by atoms with Crippen LogP contribution in [0.3, 0.4) is 0 Å². The molecule has 0 spiro atoms. The van der Waals surface area contributed by atoms with Gasteiger partial charge in [0.05, 0.1) is 24.3 Å². The molecule has 0 aromatic carbocycles. The number of aliphatic hydroxyl groups is 1. The van der Waals surface area contributed by atoms with Crippen molar-refractivity contribution in [1.29, 1.82) is 5.26 Å². The van der Waals surface area contributed by atoms with E-state index in [1.54, 1.807) is 13.1 Å². The second-order valence-corrected chi connectivity index (χ2v) is 6.76. The third kappa shape index (κ3) is 2.07. The summed E-state index contributed by atoms with van der Waals surface area (Å²) in [6.07, 6.45) is 4.65. The van der Waals surface area contributed by atoms with Gasteiger partial charge in [-0.3, -0.25) is 4.68 Å². The van der Waals surface area contributed by atoms with Crippen molar-refractivity contribution in [2.45, 2.75) is 38.5 Å². The number of fused-ring (bicyclic) bond motifs is 4. The average Bonchev–Trinajstić information content (AvgIpc) is 3.34. The Labute approximate surface area is 148 Å². The highest BCUT2D eigenvalue weighted by atomic mass is 16.3. The quantitative estimate of drug-likeness (QED) is 0.578. The maximum absolute atomic E-state index is 10.3. The molecule has 8 heteroatoms. The van der Waals surface area contributed by atoms with Gasteiger partial charge in [0.2, 0.25) is 0 Å². The Hall–Kier alpha value is -3.18. The van der Waals surface area contributed by atoms with Gasteiger partial charge in [-0.15, -0.1) is 0 Å². The van der Waals surface area contributed by atoms with Gasteiger partial charge < -0.3 is 14.7 Å². The molecule has 2 atom stereocenters. The van der Waals surface area contributed by atoms with E-state index in [-0.39, 0.29) is 6.04 Å². The van der Waals surface area contributed by atoms with Crippen molar-refractivity contribution < 1.29 is 5.11 Å². The maximum atomic E-state index is 10.3. The van der Waals surface area contributed by atoms with E-state index in [2.05, 4.69) is 30.7 Å². The van der Waals surface area contributed by atoms with Gasteiger partial charge in [0, 0.05) is 17.3 Å². The molecule has 130 valence electrons. The van der Waals surface area contributed by atoms with E-state index in [1.165, 1.54) is 0 Å². The van der Waals surface area contributed by atoms with Gasteiger partial charge in [0.15, 0.2) is 5.69 Å². The molecule has 4 aromatic rings. The molecule has 5 rings (SSSR count). The number of aryl methyl sites for hydroxylation is 1. The van der Waals surface area contributed by atoms with Crippen molar-refractivity contribution >= 4 is 22.1 Å². The van der Waals surface area contributed by atoms with E-state index >= 15 is 0 Å². The fourth-order valence-electron chi connectivity index (χ4n) is 3.96. The first-order chi connectivity index (χ1) is 12.7. The summed E-state index contributed by atoms with van der Waals surface area (Å²) in [5.41, 5.74) is 4.08. The number of pyridine rings is 1. The monoisotopic (exact) mass is 347 g/mol. The SMILES string of the molecule is CC(O)c1nc2cnc3[nH]ccc3c2n1C1CCc2cc(C#N)nn2C1. The van der Waals surface area contributed by atoms with E-state index in [0.29, 0.717) is 18.1 Å². The smallest absolute Gasteiger partial charge is 0.162 e. The van der Waals surface area contributed by atoms with E-state index in [9.17, 15) is 5.11 Å². The predicted octanol–water partition coefficient (Wildman–Crippen LogP) is 2.22. The number of hydrogen-bond donors (Lipinski definition) is 2. The van der Waals surface area contributed by atoms with Crippen LogP contribution in [0.15, 0.2) is 24.5 Å². The van der Waals surface area contributed by atoms with Crippen LogP contribution >= 0.6 is 0 Å². The molecule has 0 aliphatic carbocycles. The normalized spacial score (nSPS) is 18.1. The molecule has 2 unspecified atom stereocenters. The third-order valence-electron chi connectivity index (χ3n) is 5.10. The van der Waals surface area contributed by atoms with Crippen molar-refractivity contribution in [3.05, 3.63) is 41.7 Å². The Morgan fingerprint density at radius 2 is 2.35 bits per heavy atom. The minimum absolute atomic E-state index is 0.101. The largest absolute Gasteiger partial charge is 0.385 e. The van der Waals surface area contributed by atoms with Gasteiger partial charge in [-0.25, -0.2) is 9.97 Å². The lowest BCUT2D eigenvalue weighted by molar-refractivity contribution is 0.177. The molecular weight excluding hydrogens is 330 g/mol. The minimum atomic E-state index is -0.690. The van der Waals surface area contributed by atoms with Crippen molar-refractivity contribution in [2.24, 2.45) is 0 Å². The first kappa shape index (κ1) is 15.1. The van der Waals surface area contributed by atoms with Gasteiger partial charge >= 0.3 is 0 Å². The fraction of sp³-hybridized carbons (Fsp3) is 0.333. The number of H-pyrrole nitrogens is 1. The van der Waals surface area contributed by atoms with Crippen LogP contribution in [0.1, 0.15) is 42.7 Å². The number of nitriles is 1. The van der Waals surface area contributed by atoms with E-state index < -0.39 is 6.10 Å². The van der Waals surface area contributed by atoms with Crippen LogP contribution in [-0.4, -0.2) is 34.4 Å². The first-order valence-electron chi connectivity index (χ1n) is 8.64. The van der Waals surface area contributed by atoms with E-state index in [4.69, 9.17) is 5.26 Å². The van der Waals surface area contributed by atoms with E-state index in [0.717, 1.165) is 40.6 Å². The standard InChI is InChI=1S/C18H17N7O/c1-10(26)18-22-15-8-21-17-14(4-5-20-17)16(15)25(18)13-3-2-12-6-11(7-19)23-24(12)9-13/h4-6,8,10,13,26H,2-3,9H2,1H3,(H,20,21). The fourth-order valence-corrected chi connectivity index (χ4v) is 3.96. The Morgan fingerprint density at radius 1 is 1.46 bits per heavy atom. The number of nitrogens with zero attached hydrogens (tertiary/aromatic N) is 6. The summed E-state index contributed by atoms with van der Waals surface area (Å²) in [5.74, 6) is 0.636. The Balaban J connectivity index is 1.71. The summed E-state index contributed by atoms with van der Waals surface area (Å²) in [4.78, 5) is 12.2. The number of nitrogens with one attached hydrogen (secondary N) is 1. The van der Waals surface area contributed by atoms with Gasteiger partial charge in [0.25, 0.3) is 0 Å².